The molecule has 0 amide bonds. The molecule has 0 aliphatic heterocycles. The van der Waals surface area contributed by atoms with Crippen molar-refractivity contribution in [3.8, 4) is 0 Å². The van der Waals surface area contributed by atoms with Gasteiger partial charge >= 0.3 is 0 Å². The number of aliphatic imine (C=N–C) groups is 1. The molecule has 148 valence electrons. The molecular formula is C18H26N4O4S. The van der Waals surface area contributed by atoms with Crippen LogP contribution in [0.3, 0.4) is 0 Å². The van der Waals surface area contributed by atoms with E-state index < -0.39 is 15.6 Å². The van der Waals surface area contributed by atoms with Crippen molar-refractivity contribution in [2.24, 2.45) is 4.99 Å². The summed E-state index contributed by atoms with van der Waals surface area (Å²) in [5.74, 6) is 0.960. The number of guanidine groups is 1. The third-order valence-electron chi connectivity index (χ3n) is 3.89. The topological polar surface area (TPSA) is 116 Å². The van der Waals surface area contributed by atoms with Crippen LogP contribution in [0.5, 0.6) is 0 Å². The Bertz CT molecular complexity index is 861. The third-order valence-corrected chi connectivity index (χ3v) is 5.31. The van der Waals surface area contributed by atoms with Gasteiger partial charge in [0.15, 0.2) is 5.96 Å². The minimum atomic E-state index is -3.50. The molecule has 0 aliphatic carbocycles. The molecule has 1 unspecified atom stereocenters. The van der Waals surface area contributed by atoms with Gasteiger partial charge in [-0.2, -0.15) is 0 Å². The Balaban J connectivity index is 2.08. The van der Waals surface area contributed by atoms with E-state index in [0.717, 1.165) is 5.56 Å². The fourth-order valence-electron chi connectivity index (χ4n) is 2.37. The summed E-state index contributed by atoms with van der Waals surface area (Å²) >= 11 is 0. The molecule has 0 aliphatic rings. The number of aliphatic hydroxyl groups is 1. The van der Waals surface area contributed by atoms with Gasteiger partial charge in [-0.25, -0.2) is 18.1 Å². The first-order chi connectivity index (χ1) is 12.8. The van der Waals surface area contributed by atoms with Crippen molar-refractivity contribution < 1.29 is 17.9 Å². The molecule has 1 aromatic heterocycles. The molecule has 1 atom stereocenters. The van der Waals surface area contributed by atoms with Crippen molar-refractivity contribution in [2.75, 3.05) is 20.1 Å². The predicted molar refractivity (Wildman–Crippen MR) is 104 cm³/mol. The summed E-state index contributed by atoms with van der Waals surface area (Å²) < 4.78 is 31.4. The lowest BCUT2D eigenvalue weighted by molar-refractivity contribution is 0.0386. The first-order valence-corrected chi connectivity index (χ1v) is 10.1. The quantitative estimate of drug-likeness (QED) is 0.394. The Morgan fingerprint density at radius 3 is 2.67 bits per heavy atom. The van der Waals surface area contributed by atoms with Gasteiger partial charge in [0.25, 0.3) is 0 Å². The summed E-state index contributed by atoms with van der Waals surface area (Å²) in [6.07, 6.45) is 1.51. The molecule has 9 heteroatoms. The number of hydrogen-bond donors (Lipinski definition) is 4. The predicted octanol–water partition coefficient (Wildman–Crippen LogP) is 1.15. The minimum absolute atomic E-state index is 0.191. The lowest BCUT2D eigenvalue weighted by atomic mass is 10.0. The van der Waals surface area contributed by atoms with E-state index in [1.165, 1.54) is 19.4 Å². The molecular weight excluding hydrogens is 368 g/mol. The molecule has 0 saturated heterocycles. The molecule has 2 rings (SSSR count). The monoisotopic (exact) mass is 394 g/mol. The minimum Gasteiger partial charge on any atom is -0.466 e. The maximum Gasteiger partial charge on any atom is 0.240 e. The van der Waals surface area contributed by atoms with Crippen molar-refractivity contribution in [3.63, 3.8) is 0 Å². The van der Waals surface area contributed by atoms with Crippen LogP contribution >= 0.6 is 0 Å². The zero-order valence-electron chi connectivity index (χ0n) is 15.7. The first-order valence-electron chi connectivity index (χ1n) is 8.59. The van der Waals surface area contributed by atoms with E-state index in [1.54, 1.807) is 37.3 Å². The molecule has 2 aromatic rings. The van der Waals surface area contributed by atoms with Crippen LogP contribution in [0.15, 0.2) is 57.0 Å². The van der Waals surface area contributed by atoms with Gasteiger partial charge in [0, 0.05) is 6.54 Å². The average molecular weight is 394 g/mol. The highest BCUT2D eigenvalue weighted by Crippen LogP contribution is 2.19. The molecule has 8 nitrogen and oxygen atoms in total. The van der Waals surface area contributed by atoms with Crippen molar-refractivity contribution >= 4 is 16.0 Å². The van der Waals surface area contributed by atoms with Crippen LogP contribution in [0.1, 0.15) is 25.2 Å². The average Bonchev–Trinajstić information content (AvgIpc) is 3.20. The normalized spacial score (nSPS) is 14.6. The lowest BCUT2D eigenvalue weighted by Crippen LogP contribution is -2.44. The van der Waals surface area contributed by atoms with Gasteiger partial charge in [0.1, 0.15) is 11.4 Å². The standard InChI is InChI=1S/C18H26N4O4S/c1-4-20-17(22-13-18(2,23)16-9-6-10-26-16)21-12-14-7-5-8-15(11-14)27(24,25)19-3/h5-11,19,23H,4,12-13H2,1-3H3,(H2,20,21,22). The molecule has 27 heavy (non-hydrogen) atoms. The Morgan fingerprint density at radius 2 is 2.04 bits per heavy atom. The third kappa shape index (κ3) is 5.81. The number of furan rings is 1. The fourth-order valence-corrected chi connectivity index (χ4v) is 3.17. The molecule has 0 radical (unpaired) electrons. The Labute approximate surface area is 159 Å². The smallest absolute Gasteiger partial charge is 0.240 e. The SMILES string of the molecule is CCNC(=NCc1cccc(S(=O)(=O)NC)c1)NCC(C)(O)c1ccco1. The van der Waals surface area contributed by atoms with Crippen LogP contribution in [-0.2, 0) is 22.2 Å². The highest BCUT2D eigenvalue weighted by Gasteiger charge is 2.26. The summed E-state index contributed by atoms with van der Waals surface area (Å²) in [6, 6.07) is 10.0. The zero-order chi connectivity index (χ0) is 19.9. The van der Waals surface area contributed by atoms with Gasteiger partial charge in [0.05, 0.1) is 24.2 Å². The summed E-state index contributed by atoms with van der Waals surface area (Å²) in [5.41, 5.74) is -0.443. The number of hydrogen-bond acceptors (Lipinski definition) is 5. The maximum atomic E-state index is 11.9. The number of sulfonamides is 1. The van der Waals surface area contributed by atoms with Crippen LogP contribution in [-0.4, -0.2) is 39.6 Å². The molecule has 0 bridgehead atoms. The van der Waals surface area contributed by atoms with E-state index in [1.807, 2.05) is 6.92 Å². The van der Waals surface area contributed by atoms with Crippen LogP contribution in [0.25, 0.3) is 0 Å². The van der Waals surface area contributed by atoms with Crippen LogP contribution in [0.2, 0.25) is 0 Å². The summed E-state index contributed by atoms with van der Waals surface area (Å²) in [4.78, 5) is 4.65. The Hall–Kier alpha value is -2.36. The number of rotatable bonds is 8. The van der Waals surface area contributed by atoms with Gasteiger partial charge in [-0.3, -0.25) is 0 Å². The summed E-state index contributed by atoms with van der Waals surface area (Å²) in [5, 5.41) is 16.7. The molecule has 0 saturated carbocycles. The highest BCUT2D eigenvalue weighted by molar-refractivity contribution is 7.89. The van der Waals surface area contributed by atoms with E-state index in [4.69, 9.17) is 4.42 Å². The Morgan fingerprint density at radius 1 is 1.26 bits per heavy atom. The van der Waals surface area contributed by atoms with Crippen molar-refractivity contribution in [2.45, 2.75) is 30.9 Å². The van der Waals surface area contributed by atoms with E-state index in [9.17, 15) is 13.5 Å². The molecule has 4 N–H and O–H groups in total. The van der Waals surface area contributed by atoms with E-state index in [2.05, 4.69) is 20.3 Å². The molecule has 0 fully saturated rings. The second kappa shape index (κ2) is 9.03. The maximum absolute atomic E-state index is 11.9. The van der Waals surface area contributed by atoms with E-state index in [-0.39, 0.29) is 18.0 Å². The van der Waals surface area contributed by atoms with Gasteiger partial charge in [0.2, 0.25) is 10.0 Å². The van der Waals surface area contributed by atoms with Crippen molar-refractivity contribution in [3.05, 3.63) is 54.0 Å². The Kier molecular flexibility index (Phi) is 7.00. The van der Waals surface area contributed by atoms with Gasteiger partial charge in [-0.05, 0) is 50.7 Å². The number of benzene rings is 1. The van der Waals surface area contributed by atoms with Crippen LogP contribution in [0.4, 0.5) is 0 Å². The zero-order valence-corrected chi connectivity index (χ0v) is 16.5. The molecule has 1 aromatic carbocycles. The largest absolute Gasteiger partial charge is 0.466 e. The van der Waals surface area contributed by atoms with Crippen molar-refractivity contribution in [1.82, 2.24) is 15.4 Å². The van der Waals surface area contributed by atoms with Crippen molar-refractivity contribution in [1.29, 1.82) is 0 Å². The number of nitrogens with one attached hydrogen (secondary N) is 3. The van der Waals surface area contributed by atoms with Crippen LogP contribution in [0, 0.1) is 0 Å². The first kappa shape index (κ1) is 20.9. The second-order valence-electron chi connectivity index (χ2n) is 6.15. The molecule has 0 spiro atoms. The fraction of sp³-hybridized carbons (Fsp3) is 0.389. The van der Waals surface area contributed by atoms with E-state index >= 15 is 0 Å². The van der Waals surface area contributed by atoms with Gasteiger partial charge < -0.3 is 20.2 Å². The molecule has 1 heterocycles. The summed E-state index contributed by atoms with van der Waals surface area (Å²) in [7, 11) is -2.12. The highest BCUT2D eigenvalue weighted by atomic mass is 32.2. The summed E-state index contributed by atoms with van der Waals surface area (Å²) in [6.45, 7) is 4.70. The van der Waals surface area contributed by atoms with Crippen LogP contribution < -0.4 is 15.4 Å². The van der Waals surface area contributed by atoms with Gasteiger partial charge in [-0.1, -0.05) is 12.1 Å². The number of nitrogens with zero attached hydrogens (tertiary/aromatic N) is 1. The lowest BCUT2D eigenvalue weighted by Gasteiger charge is -2.22. The van der Waals surface area contributed by atoms with Gasteiger partial charge in [-0.15, -0.1) is 0 Å². The second-order valence-corrected chi connectivity index (χ2v) is 8.04. The van der Waals surface area contributed by atoms with E-state index in [0.29, 0.717) is 18.3 Å².